The van der Waals surface area contributed by atoms with Crippen LogP contribution >= 0.6 is 0 Å². The maximum Gasteiger partial charge on any atom is 0.315 e. The van der Waals surface area contributed by atoms with Crippen molar-refractivity contribution in [2.75, 3.05) is 33.0 Å². The summed E-state index contributed by atoms with van der Waals surface area (Å²) in [5, 5.41) is 13.6. The Morgan fingerprint density at radius 1 is 1.47 bits per heavy atom. The van der Waals surface area contributed by atoms with E-state index in [0.717, 1.165) is 0 Å². The molecule has 0 aromatic carbocycles. The van der Waals surface area contributed by atoms with Crippen LogP contribution in [0.4, 0.5) is 6.01 Å². The first kappa shape index (κ1) is 13.4. The smallest absolute Gasteiger partial charge is 0.315 e. The van der Waals surface area contributed by atoms with Crippen LogP contribution in [-0.4, -0.2) is 48.7 Å². The van der Waals surface area contributed by atoms with Crippen molar-refractivity contribution in [1.29, 1.82) is 0 Å². The first-order valence-corrected chi connectivity index (χ1v) is 5.49. The Labute approximate surface area is 101 Å². The Balaban J connectivity index is 2.37. The summed E-state index contributed by atoms with van der Waals surface area (Å²) in [6.07, 6.45) is 0.395. The summed E-state index contributed by atoms with van der Waals surface area (Å²) < 4.78 is 5.36. The van der Waals surface area contributed by atoms with E-state index < -0.39 is 0 Å². The van der Waals surface area contributed by atoms with Crippen LogP contribution in [0.25, 0.3) is 0 Å². The number of amides is 1. The van der Waals surface area contributed by atoms with Crippen molar-refractivity contribution in [3.63, 3.8) is 0 Å². The molecule has 0 radical (unpaired) electrons. The predicted octanol–water partition coefficient (Wildman–Crippen LogP) is 0.240. The molecule has 0 bridgehead atoms. The highest BCUT2D eigenvalue weighted by Gasteiger charge is 2.11. The maximum atomic E-state index is 11.3. The molecule has 0 saturated heterocycles. The summed E-state index contributed by atoms with van der Waals surface area (Å²) in [7, 11) is 5.27. The molecule has 0 aliphatic heterocycles. The Hall–Kier alpha value is -1.63. The average Bonchev–Trinajstić information content (AvgIpc) is 2.76. The number of aromatic nitrogens is 2. The standard InChI is InChI=1S/C10H19N5O2/c1-7(11-2)9-13-14-10(17-9)12-6-5-8(16)15(3)4/h7,11H,5-6H2,1-4H3,(H,12,14). The number of nitrogens with zero attached hydrogens (tertiary/aromatic N) is 3. The number of carbonyl (C=O) groups is 1. The lowest BCUT2D eigenvalue weighted by Crippen LogP contribution is -2.23. The van der Waals surface area contributed by atoms with Gasteiger partial charge < -0.3 is 20.0 Å². The van der Waals surface area contributed by atoms with Crippen LogP contribution in [0.15, 0.2) is 4.42 Å². The van der Waals surface area contributed by atoms with E-state index in [-0.39, 0.29) is 11.9 Å². The SMILES string of the molecule is CNC(C)c1nnc(NCCC(=O)N(C)C)o1. The van der Waals surface area contributed by atoms with E-state index >= 15 is 0 Å². The highest BCUT2D eigenvalue weighted by molar-refractivity contribution is 5.75. The molecule has 1 heterocycles. The molecule has 7 nitrogen and oxygen atoms in total. The van der Waals surface area contributed by atoms with Crippen molar-refractivity contribution in [3.05, 3.63) is 5.89 Å². The number of rotatable bonds is 6. The van der Waals surface area contributed by atoms with E-state index in [2.05, 4.69) is 20.8 Å². The molecular weight excluding hydrogens is 222 g/mol. The summed E-state index contributed by atoms with van der Waals surface area (Å²) in [6, 6.07) is 0.357. The fraction of sp³-hybridized carbons (Fsp3) is 0.700. The van der Waals surface area contributed by atoms with E-state index in [1.54, 1.807) is 19.0 Å². The summed E-state index contributed by atoms with van der Waals surface area (Å²) in [6.45, 7) is 2.40. The fourth-order valence-corrected chi connectivity index (χ4v) is 1.10. The zero-order chi connectivity index (χ0) is 12.8. The van der Waals surface area contributed by atoms with E-state index in [0.29, 0.717) is 24.9 Å². The number of nitrogens with one attached hydrogen (secondary N) is 2. The van der Waals surface area contributed by atoms with Gasteiger partial charge >= 0.3 is 6.01 Å². The average molecular weight is 241 g/mol. The molecule has 96 valence electrons. The van der Waals surface area contributed by atoms with Crippen LogP contribution in [0.5, 0.6) is 0 Å². The lowest BCUT2D eigenvalue weighted by atomic mass is 10.3. The van der Waals surface area contributed by atoms with Gasteiger partial charge in [-0.25, -0.2) is 0 Å². The van der Waals surface area contributed by atoms with Crippen LogP contribution in [0, 0.1) is 0 Å². The predicted molar refractivity (Wildman–Crippen MR) is 63.6 cm³/mol. The first-order valence-electron chi connectivity index (χ1n) is 5.49. The number of anilines is 1. The Kier molecular flexibility index (Phi) is 4.89. The largest absolute Gasteiger partial charge is 0.406 e. The van der Waals surface area contributed by atoms with E-state index in [9.17, 15) is 4.79 Å². The molecular formula is C10H19N5O2. The first-order chi connectivity index (χ1) is 8.04. The topological polar surface area (TPSA) is 83.3 Å². The van der Waals surface area contributed by atoms with Crippen LogP contribution < -0.4 is 10.6 Å². The highest BCUT2D eigenvalue weighted by atomic mass is 16.4. The summed E-state index contributed by atoms with van der Waals surface area (Å²) in [4.78, 5) is 12.8. The van der Waals surface area contributed by atoms with Gasteiger partial charge in [0.05, 0.1) is 6.04 Å². The fourth-order valence-electron chi connectivity index (χ4n) is 1.10. The zero-order valence-electron chi connectivity index (χ0n) is 10.6. The number of hydrogen-bond acceptors (Lipinski definition) is 6. The third-order valence-electron chi connectivity index (χ3n) is 2.36. The normalized spacial score (nSPS) is 12.2. The van der Waals surface area contributed by atoms with Crippen LogP contribution in [0.1, 0.15) is 25.3 Å². The van der Waals surface area contributed by atoms with E-state index in [1.807, 2.05) is 14.0 Å². The zero-order valence-corrected chi connectivity index (χ0v) is 10.6. The minimum absolute atomic E-state index is 0.0152. The molecule has 0 fully saturated rings. The second kappa shape index (κ2) is 6.19. The van der Waals surface area contributed by atoms with Gasteiger partial charge in [0.25, 0.3) is 0 Å². The third-order valence-corrected chi connectivity index (χ3v) is 2.36. The van der Waals surface area contributed by atoms with Gasteiger partial charge in [0.15, 0.2) is 0 Å². The molecule has 17 heavy (non-hydrogen) atoms. The van der Waals surface area contributed by atoms with Gasteiger partial charge in [-0.05, 0) is 14.0 Å². The van der Waals surface area contributed by atoms with E-state index in [4.69, 9.17) is 4.42 Å². The molecule has 1 atom stereocenters. The minimum atomic E-state index is 0.0152. The van der Waals surface area contributed by atoms with Gasteiger partial charge in [-0.3, -0.25) is 4.79 Å². The monoisotopic (exact) mass is 241 g/mol. The molecule has 1 amide bonds. The summed E-state index contributed by atoms with van der Waals surface area (Å²) in [5.41, 5.74) is 0. The Bertz CT molecular complexity index is 363. The number of hydrogen-bond donors (Lipinski definition) is 2. The van der Waals surface area contributed by atoms with Crippen molar-refractivity contribution in [3.8, 4) is 0 Å². The van der Waals surface area contributed by atoms with Crippen molar-refractivity contribution in [2.45, 2.75) is 19.4 Å². The number of carbonyl (C=O) groups excluding carboxylic acids is 1. The maximum absolute atomic E-state index is 11.3. The van der Waals surface area contributed by atoms with Crippen molar-refractivity contribution >= 4 is 11.9 Å². The van der Waals surface area contributed by atoms with Gasteiger partial charge in [0.1, 0.15) is 0 Å². The second-order valence-corrected chi connectivity index (χ2v) is 3.92. The second-order valence-electron chi connectivity index (χ2n) is 3.92. The van der Waals surface area contributed by atoms with Gasteiger partial charge in [-0.2, -0.15) is 0 Å². The van der Waals surface area contributed by atoms with Crippen LogP contribution in [0.2, 0.25) is 0 Å². The van der Waals surface area contributed by atoms with Crippen molar-refractivity contribution < 1.29 is 9.21 Å². The summed E-state index contributed by atoms with van der Waals surface area (Å²) >= 11 is 0. The lowest BCUT2D eigenvalue weighted by Gasteiger charge is -2.09. The molecule has 0 aliphatic rings. The molecule has 7 heteroatoms. The van der Waals surface area contributed by atoms with Gasteiger partial charge in [-0.15, -0.1) is 5.10 Å². The molecule has 2 N–H and O–H groups in total. The molecule has 1 aromatic heterocycles. The minimum Gasteiger partial charge on any atom is -0.406 e. The Morgan fingerprint density at radius 2 is 2.18 bits per heavy atom. The molecule has 1 aromatic rings. The van der Waals surface area contributed by atoms with Crippen LogP contribution in [0.3, 0.4) is 0 Å². The van der Waals surface area contributed by atoms with Gasteiger partial charge in [-0.1, -0.05) is 5.10 Å². The van der Waals surface area contributed by atoms with Crippen LogP contribution in [-0.2, 0) is 4.79 Å². The summed E-state index contributed by atoms with van der Waals surface area (Å²) in [5.74, 6) is 0.578. The molecule has 0 saturated carbocycles. The van der Waals surface area contributed by atoms with Crippen molar-refractivity contribution in [1.82, 2.24) is 20.4 Å². The highest BCUT2D eigenvalue weighted by Crippen LogP contribution is 2.12. The van der Waals surface area contributed by atoms with Crippen molar-refractivity contribution in [2.24, 2.45) is 0 Å². The van der Waals surface area contributed by atoms with Gasteiger partial charge in [0.2, 0.25) is 11.8 Å². The van der Waals surface area contributed by atoms with E-state index in [1.165, 1.54) is 0 Å². The molecule has 1 unspecified atom stereocenters. The quantitative estimate of drug-likeness (QED) is 0.742. The Morgan fingerprint density at radius 3 is 2.76 bits per heavy atom. The molecule has 0 aliphatic carbocycles. The third kappa shape index (κ3) is 4.03. The molecule has 1 rings (SSSR count). The lowest BCUT2D eigenvalue weighted by molar-refractivity contribution is -0.128. The molecule has 0 spiro atoms. The van der Waals surface area contributed by atoms with Gasteiger partial charge in [0, 0.05) is 27.1 Å².